The molecule has 0 bridgehead atoms. The maximum atomic E-state index is 11.8. The van der Waals surface area contributed by atoms with Crippen molar-refractivity contribution in [3.05, 3.63) is 35.9 Å². The molecule has 0 aromatic heterocycles. The molecule has 0 saturated heterocycles. The molecule has 1 atom stereocenters. The first-order chi connectivity index (χ1) is 9.01. The number of esters is 1. The summed E-state index contributed by atoms with van der Waals surface area (Å²) in [4.78, 5) is 13.9. The highest BCUT2D eigenvalue weighted by atomic mass is 16.5. The van der Waals surface area contributed by atoms with Crippen LogP contribution in [0.2, 0.25) is 0 Å². The zero-order valence-electron chi connectivity index (χ0n) is 12.3. The van der Waals surface area contributed by atoms with Gasteiger partial charge < -0.3 is 15.0 Å². The fraction of sp³-hybridized carbons (Fsp3) is 0.533. The highest BCUT2D eigenvalue weighted by Gasteiger charge is 2.33. The molecule has 0 amide bonds. The second-order valence-corrected chi connectivity index (χ2v) is 5.05. The van der Waals surface area contributed by atoms with E-state index in [0.717, 1.165) is 13.0 Å². The first-order valence-electron chi connectivity index (χ1n) is 6.51. The maximum absolute atomic E-state index is 11.8. The Morgan fingerprint density at radius 2 is 2.00 bits per heavy atom. The lowest BCUT2D eigenvalue weighted by atomic mass is 10.0. The van der Waals surface area contributed by atoms with Gasteiger partial charge in [-0.25, -0.2) is 0 Å². The first-order valence-corrected chi connectivity index (χ1v) is 6.51. The molecular weight excluding hydrogens is 240 g/mol. The largest absolute Gasteiger partial charge is 0.468 e. The van der Waals surface area contributed by atoms with E-state index in [1.807, 2.05) is 32.2 Å². The van der Waals surface area contributed by atoms with Crippen molar-refractivity contribution in [3.63, 3.8) is 0 Å². The van der Waals surface area contributed by atoms with Crippen LogP contribution in [-0.4, -0.2) is 50.7 Å². The second-order valence-electron chi connectivity index (χ2n) is 5.05. The van der Waals surface area contributed by atoms with Crippen molar-refractivity contribution in [2.24, 2.45) is 0 Å². The van der Waals surface area contributed by atoms with Crippen LogP contribution < -0.4 is 5.32 Å². The summed E-state index contributed by atoms with van der Waals surface area (Å²) in [5.41, 5.74) is 0.638. The summed E-state index contributed by atoms with van der Waals surface area (Å²) in [6.45, 7) is 3.37. The molecule has 4 nitrogen and oxygen atoms in total. The number of rotatable bonds is 7. The summed E-state index contributed by atoms with van der Waals surface area (Å²) in [6, 6.07) is 10.3. The van der Waals surface area contributed by atoms with Gasteiger partial charge in [0, 0.05) is 13.1 Å². The van der Waals surface area contributed by atoms with E-state index in [9.17, 15) is 4.79 Å². The number of hydrogen-bond donors (Lipinski definition) is 1. The fourth-order valence-corrected chi connectivity index (χ4v) is 2.05. The lowest BCUT2D eigenvalue weighted by Gasteiger charge is -2.31. The van der Waals surface area contributed by atoms with E-state index in [1.54, 1.807) is 7.05 Å². The standard InChI is InChI=1S/C15H24N2O2/c1-15(16-2,14(18)19-4)12-17(3)11-10-13-8-6-5-7-9-13/h5-9,16H,10-12H2,1-4H3. The summed E-state index contributed by atoms with van der Waals surface area (Å²) >= 11 is 0. The topological polar surface area (TPSA) is 41.6 Å². The molecule has 0 radical (unpaired) electrons. The maximum Gasteiger partial charge on any atom is 0.327 e. The molecule has 1 aromatic rings. The minimum atomic E-state index is -0.666. The highest BCUT2D eigenvalue weighted by Crippen LogP contribution is 2.09. The van der Waals surface area contributed by atoms with Crippen LogP contribution in [0.5, 0.6) is 0 Å². The Hall–Kier alpha value is -1.39. The summed E-state index contributed by atoms with van der Waals surface area (Å²) in [7, 11) is 5.21. The van der Waals surface area contributed by atoms with Gasteiger partial charge in [0.25, 0.3) is 0 Å². The van der Waals surface area contributed by atoms with E-state index in [0.29, 0.717) is 6.54 Å². The average Bonchev–Trinajstić information content (AvgIpc) is 2.45. The smallest absolute Gasteiger partial charge is 0.327 e. The predicted molar refractivity (Wildman–Crippen MR) is 77.1 cm³/mol. The van der Waals surface area contributed by atoms with Gasteiger partial charge >= 0.3 is 5.97 Å². The normalized spacial score (nSPS) is 14.2. The van der Waals surface area contributed by atoms with Crippen molar-refractivity contribution in [3.8, 4) is 0 Å². The molecule has 0 aliphatic heterocycles. The van der Waals surface area contributed by atoms with E-state index >= 15 is 0 Å². The third-order valence-electron chi connectivity index (χ3n) is 3.40. The van der Waals surface area contributed by atoms with Crippen LogP contribution in [0.25, 0.3) is 0 Å². The quantitative estimate of drug-likeness (QED) is 0.754. The number of likely N-dealkylation sites (N-methyl/N-ethyl adjacent to an activating group) is 2. The van der Waals surface area contributed by atoms with Gasteiger partial charge in [0.15, 0.2) is 0 Å². The van der Waals surface area contributed by atoms with Crippen LogP contribution in [0.15, 0.2) is 30.3 Å². The third kappa shape index (κ3) is 4.65. The van der Waals surface area contributed by atoms with Crippen molar-refractivity contribution in [1.29, 1.82) is 0 Å². The number of hydrogen-bond acceptors (Lipinski definition) is 4. The van der Waals surface area contributed by atoms with Gasteiger partial charge in [-0.1, -0.05) is 30.3 Å². The molecule has 1 rings (SSSR count). The Kier molecular flexibility index (Phi) is 5.99. The monoisotopic (exact) mass is 264 g/mol. The highest BCUT2D eigenvalue weighted by molar-refractivity contribution is 5.80. The van der Waals surface area contributed by atoms with Crippen LogP contribution in [0.1, 0.15) is 12.5 Å². The van der Waals surface area contributed by atoms with Gasteiger partial charge in [-0.3, -0.25) is 4.79 Å². The number of benzene rings is 1. The fourth-order valence-electron chi connectivity index (χ4n) is 2.05. The Labute approximate surface area is 115 Å². The molecular formula is C15H24N2O2. The van der Waals surface area contributed by atoms with E-state index in [-0.39, 0.29) is 5.97 Å². The molecule has 0 aliphatic carbocycles. The first kappa shape index (κ1) is 15.7. The van der Waals surface area contributed by atoms with Gasteiger partial charge in [0.2, 0.25) is 0 Å². The summed E-state index contributed by atoms with van der Waals surface area (Å²) in [6.07, 6.45) is 0.971. The molecule has 0 heterocycles. The average molecular weight is 264 g/mol. The van der Waals surface area contributed by atoms with Crippen molar-refractivity contribution in [1.82, 2.24) is 10.2 Å². The summed E-state index contributed by atoms with van der Waals surface area (Å²) in [5.74, 6) is -0.235. The predicted octanol–water partition coefficient (Wildman–Crippen LogP) is 1.31. The number of methoxy groups -OCH3 is 1. The molecule has 106 valence electrons. The van der Waals surface area contributed by atoms with Gasteiger partial charge in [-0.15, -0.1) is 0 Å². The number of nitrogens with one attached hydrogen (secondary N) is 1. The van der Waals surface area contributed by atoms with Crippen LogP contribution in [-0.2, 0) is 16.0 Å². The zero-order chi connectivity index (χ0) is 14.3. The van der Waals surface area contributed by atoms with Gasteiger partial charge in [-0.05, 0) is 33.0 Å². The molecule has 0 aliphatic rings. The van der Waals surface area contributed by atoms with E-state index < -0.39 is 5.54 Å². The molecule has 0 spiro atoms. The lowest BCUT2D eigenvalue weighted by molar-refractivity contribution is -0.148. The van der Waals surface area contributed by atoms with Crippen molar-refractivity contribution in [2.45, 2.75) is 18.9 Å². The summed E-state index contributed by atoms with van der Waals surface area (Å²) < 4.78 is 4.84. The zero-order valence-corrected chi connectivity index (χ0v) is 12.3. The van der Waals surface area contributed by atoms with Gasteiger partial charge in [0.05, 0.1) is 7.11 Å². The third-order valence-corrected chi connectivity index (χ3v) is 3.40. The molecule has 0 fully saturated rings. The number of ether oxygens (including phenoxy) is 1. The Morgan fingerprint density at radius 3 is 2.53 bits per heavy atom. The van der Waals surface area contributed by atoms with E-state index in [1.165, 1.54) is 12.7 Å². The van der Waals surface area contributed by atoms with Crippen LogP contribution >= 0.6 is 0 Å². The lowest BCUT2D eigenvalue weighted by Crippen LogP contribution is -2.55. The Bertz CT molecular complexity index is 394. The van der Waals surface area contributed by atoms with Crippen LogP contribution in [0.4, 0.5) is 0 Å². The van der Waals surface area contributed by atoms with Crippen molar-refractivity contribution in [2.75, 3.05) is 34.3 Å². The minimum absolute atomic E-state index is 0.235. The van der Waals surface area contributed by atoms with Crippen LogP contribution in [0, 0.1) is 0 Å². The number of nitrogens with zero attached hydrogens (tertiary/aromatic N) is 1. The van der Waals surface area contributed by atoms with Gasteiger partial charge in [-0.2, -0.15) is 0 Å². The van der Waals surface area contributed by atoms with E-state index in [4.69, 9.17) is 4.74 Å². The Balaban J connectivity index is 2.50. The molecule has 1 N–H and O–H groups in total. The number of carbonyl (C=O) groups excluding carboxylic acids is 1. The van der Waals surface area contributed by atoms with Crippen molar-refractivity contribution >= 4 is 5.97 Å². The second kappa shape index (κ2) is 7.26. The SMILES string of the molecule is CNC(C)(CN(C)CCc1ccccc1)C(=O)OC. The molecule has 0 saturated carbocycles. The summed E-state index contributed by atoms with van der Waals surface area (Å²) in [5, 5.41) is 3.04. The Morgan fingerprint density at radius 1 is 1.37 bits per heavy atom. The molecule has 1 unspecified atom stereocenters. The minimum Gasteiger partial charge on any atom is -0.468 e. The molecule has 19 heavy (non-hydrogen) atoms. The molecule has 1 aromatic carbocycles. The number of carbonyl (C=O) groups is 1. The van der Waals surface area contributed by atoms with Gasteiger partial charge in [0.1, 0.15) is 5.54 Å². The van der Waals surface area contributed by atoms with E-state index in [2.05, 4.69) is 22.3 Å². The van der Waals surface area contributed by atoms with Crippen molar-refractivity contribution < 1.29 is 9.53 Å². The van der Waals surface area contributed by atoms with Crippen LogP contribution in [0.3, 0.4) is 0 Å². The molecule has 4 heteroatoms.